The van der Waals surface area contributed by atoms with Crippen LogP contribution in [-0.4, -0.2) is 49.7 Å². The maximum absolute atomic E-state index is 13.6. The SMILES string of the molecule is CC(NS(=O)(=O)c1c2c(c(C(=O)Nc3cc(F)nc(C#N)c3)n1C)CCN2C)C(F)(F)F. The van der Waals surface area contributed by atoms with Crippen molar-refractivity contribution in [1.29, 1.82) is 5.26 Å². The lowest BCUT2D eigenvalue weighted by Gasteiger charge is -2.20. The van der Waals surface area contributed by atoms with Gasteiger partial charge in [-0.15, -0.1) is 0 Å². The summed E-state index contributed by atoms with van der Waals surface area (Å²) in [5, 5.41) is 10.8. The number of nitrogens with zero attached hydrogens (tertiary/aromatic N) is 4. The van der Waals surface area contributed by atoms with Crippen LogP contribution < -0.4 is 14.9 Å². The Kier molecular flexibility index (Phi) is 5.92. The van der Waals surface area contributed by atoms with Gasteiger partial charge in [-0.25, -0.2) is 13.4 Å². The van der Waals surface area contributed by atoms with Crippen molar-refractivity contribution in [3.8, 4) is 6.07 Å². The molecule has 3 heterocycles. The van der Waals surface area contributed by atoms with E-state index in [-0.39, 0.29) is 29.2 Å². The van der Waals surface area contributed by atoms with Crippen molar-refractivity contribution >= 4 is 27.3 Å². The molecule has 14 heteroatoms. The van der Waals surface area contributed by atoms with Crippen LogP contribution in [0.25, 0.3) is 0 Å². The zero-order valence-corrected chi connectivity index (χ0v) is 17.9. The number of hydrogen-bond acceptors (Lipinski definition) is 6. The number of halogens is 4. The zero-order valence-electron chi connectivity index (χ0n) is 17.1. The number of fused-ring (bicyclic) bond motifs is 1. The molecule has 2 aromatic heterocycles. The molecule has 0 radical (unpaired) electrons. The molecule has 32 heavy (non-hydrogen) atoms. The van der Waals surface area contributed by atoms with Crippen LogP contribution in [0.3, 0.4) is 0 Å². The number of carbonyl (C=O) groups is 1. The van der Waals surface area contributed by atoms with Gasteiger partial charge in [-0.2, -0.15) is 27.5 Å². The quantitative estimate of drug-likeness (QED) is 0.505. The molecular formula is C18H18F4N6O3S. The molecule has 0 spiro atoms. The van der Waals surface area contributed by atoms with E-state index in [1.165, 1.54) is 11.9 Å². The van der Waals surface area contributed by atoms with E-state index in [0.29, 0.717) is 19.0 Å². The molecule has 0 saturated carbocycles. The highest BCUT2D eigenvalue weighted by Gasteiger charge is 2.42. The molecule has 0 aromatic carbocycles. The van der Waals surface area contributed by atoms with Crippen LogP contribution in [0.2, 0.25) is 0 Å². The van der Waals surface area contributed by atoms with Crippen LogP contribution in [0.5, 0.6) is 0 Å². The second kappa shape index (κ2) is 8.06. The molecule has 0 fully saturated rings. The maximum atomic E-state index is 13.6. The Morgan fingerprint density at radius 2 is 1.97 bits per heavy atom. The standard InChI is InChI=1S/C18H18F4N6O3S/c1-9(18(20,21)22)26-32(30,31)17-15-12(4-5-27(15)2)14(28(17)3)16(29)25-10-6-11(8-23)24-13(19)7-10/h6-7,9,26H,4-5H2,1-3H3,(H,24,25,29). The fourth-order valence-electron chi connectivity index (χ4n) is 3.49. The van der Waals surface area contributed by atoms with Crippen molar-refractivity contribution < 1.29 is 30.8 Å². The van der Waals surface area contributed by atoms with Gasteiger partial charge in [0.05, 0.1) is 5.69 Å². The van der Waals surface area contributed by atoms with Crippen molar-refractivity contribution in [3.63, 3.8) is 0 Å². The summed E-state index contributed by atoms with van der Waals surface area (Å²) in [6, 6.07) is 1.28. The van der Waals surface area contributed by atoms with E-state index in [2.05, 4.69) is 10.3 Å². The van der Waals surface area contributed by atoms with E-state index in [1.54, 1.807) is 17.8 Å². The van der Waals surface area contributed by atoms with E-state index in [9.17, 15) is 30.8 Å². The number of likely N-dealkylation sites (N-methyl/N-ethyl adjacent to an activating group) is 1. The van der Waals surface area contributed by atoms with E-state index in [1.807, 2.05) is 0 Å². The number of amides is 1. The molecule has 0 bridgehead atoms. The van der Waals surface area contributed by atoms with E-state index >= 15 is 0 Å². The van der Waals surface area contributed by atoms with Gasteiger partial charge in [0.15, 0.2) is 5.03 Å². The molecule has 172 valence electrons. The fraction of sp³-hybridized carbons (Fsp3) is 0.389. The largest absolute Gasteiger partial charge is 0.404 e. The van der Waals surface area contributed by atoms with Crippen molar-refractivity contribution in [2.24, 2.45) is 7.05 Å². The number of carbonyl (C=O) groups excluding carboxylic acids is 1. The first-order valence-corrected chi connectivity index (χ1v) is 10.7. The molecular weight excluding hydrogens is 456 g/mol. The first kappa shape index (κ1) is 23.5. The Morgan fingerprint density at radius 3 is 2.56 bits per heavy atom. The van der Waals surface area contributed by atoms with Crippen molar-refractivity contribution in [3.05, 3.63) is 35.0 Å². The molecule has 1 aliphatic heterocycles. The zero-order chi connectivity index (χ0) is 24.0. The van der Waals surface area contributed by atoms with Gasteiger partial charge in [-0.3, -0.25) is 4.79 Å². The monoisotopic (exact) mass is 474 g/mol. The lowest BCUT2D eigenvalue weighted by Crippen LogP contribution is -2.43. The molecule has 0 aliphatic carbocycles. The number of rotatable bonds is 5. The minimum atomic E-state index is -4.81. The number of sulfonamides is 1. The first-order valence-electron chi connectivity index (χ1n) is 9.17. The van der Waals surface area contributed by atoms with Gasteiger partial charge in [0.25, 0.3) is 15.9 Å². The van der Waals surface area contributed by atoms with Crippen LogP contribution in [-0.2, 0) is 23.5 Å². The van der Waals surface area contributed by atoms with Gasteiger partial charge in [-0.1, -0.05) is 0 Å². The van der Waals surface area contributed by atoms with Gasteiger partial charge in [0, 0.05) is 38.0 Å². The van der Waals surface area contributed by atoms with Crippen LogP contribution in [0, 0.1) is 17.3 Å². The van der Waals surface area contributed by atoms with Crippen LogP contribution in [0.1, 0.15) is 28.7 Å². The van der Waals surface area contributed by atoms with Crippen LogP contribution in [0.4, 0.5) is 28.9 Å². The van der Waals surface area contributed by atoms with Crippen molar-refractivity contribution in [2.75, 3.05) is 23.8 Å². The molecule has 9 nitrogen and oxygen atoms in total. The molecule has 2 aromatic rings. The fourth-order valence-corrected chi connectivity index (χ4v) is 5.19. The number of alkyl halides is 3. The number of anilines is 2. The average Bonchev–Trinajstić information content (AvgIpc) is 3.16. The highest BCUT2D eigenvalue weighted by Crippen LogP contribution is 2.39. The summed E-state index contributed by atoms with van der Waals surface area (Å²) in [5.41, 5.74) is -0.0554. The van der Waals surface area contributed by atoms with Gasteiger partial charge < -0.3 is 14.8 Å². The van der Waals surface area contributed by atoms with Gasteiger partial charge in [0.2, 0.25) is 5.95 Å². The normalized spacial score (nSPS) is 14.8. The summed E-state index contributed by atoms with van der Waals surface area (Å²) in [4.78, 5) is 17.8. The predicted molar refractivity (Wildman–Crippen MR) is 105 cm³/mol. The topological polar surface area (TPSA) is 120 Å². The summed E-state index contributed by atoms with van der Waals surface area (Å²) in [7, 11) is -1.89. The molecule has 2 N–H and O–H groups in total. The molecule has 0 saturated heterocycles. The Bertz CT molecular complexity index is 1230. The van der Waals surface area contributed by atoms with Gasteiger partial charge in [-0.05, 0) is 19.4 Å². The number of nitrogens with one attached hydrogen (secondary N) is 2. The lowest BCUT2D eigenvalue weighted by atomic mass is 10.2. The van der Waals surface area contributed by atoms with E-state index in [0.717, 1.165) is 16.7 Å². The lowest BCUT2D eigenvalue weighted by molar-refractivity contribution is -0.147. The highest BCUT2D eigenvalue weighted by atomic mass is 32.2. The van der Waals surface area contributed by atoms with Gasteiger partial charge >= 0.3 is 6.18 Å². The predicted octanol–water partition coefficient (Wildman–Crippen LogP) is 1.90. The average molecular weight is 474 g/mol. The third-order valence-electron chi connectivity index (χ3n) is 4.95. The highest BCUT2D eigenvalue weighted by molar-refractivity contribution is 7.89. The third kappa shape index (κ3) is 4.26. The van der Waals surface area contributed by atoms with Crippen LogP contribution in [0.15, 0.2) is 17.2 Å². The Balaban J connectivity index is 2.06. The second-order valence-electron chi connectivity index (χ2n) is 7.23. The number of pyridine rings is 1. The second-order valence-corrected chi connectivity index (χ2v) is 8.86. The third-order valence-corrected chi connectivity index (χ3v) is 6.59. The van der Waals surface area contributed by atoms with E-state index < -0.39 is 39.1 Å². The summed E-state index contributed by atoms with van der Waals surface area (Å²) < 4.78 is 80.7. The van der Waals surface area contributed by atoms with Crippen LogP contribution >= 0.6 is 0 Å². The first-order chi connectivity index (χ1) is 14.8. The minimum absolute atomic E-state index is 0.0893. The maximum Gasteiger partial charge on any atom is 0.404 e. The summed E-state index contributed by atoms with van der Waals surface area (Å²) >= 11 is 0. The van der Waals surface area contributed by atoms with Crippen molar-refractivity contribution in [2.45, 2.75) is 30.6 Å². The Labute approximate surface area is 180 Å². The Morgan fingerprint density at radius 1 is 1.31 bits per heavy atom. The Hall–Kier alpha value is -3.18. The van der Waals surface area contributed by atoms with Gasteiger partial charge in [0.1, 0.15) is 23.5 Å². The molecule has 1 atom stereocenters. The molecule has 1 aliphatic rings. The number of aromatic nitrogens is 2. The molecule has 3 rings (SSSR count). The number of nitriles is 1. The van der Waals surface area contributed by atoms with Crippen molar-refractivity contribution in [1.82, 2.24) is 14.3 Å². The molecule has 1 unspecified atom stereocenters. The summed E-state index contributed by atoms with van der Waals surface area (Å²) in [6.07, 6.45) is -4.54. The summed E-state index contributed by atoms with van der Waals surface area (Å²) in [6.45, 7) is 1.01. The molecule has 1 amide bonds. The smallest absolute Gasteiger partial charge is 0.372 e. The number of hydrogen-bond donors (Lipinski definition) is 2. The minimum Gasteiger partial charge on any atom is -0.372 e. The summed E-state index contributed by atoms with van der Waals surface area (Å²) in [5.74, 6) is -1.83. The van der Waals surface area contributed by atoms with E-state index in [4.69, 9.17) is 5.26 Å².